The molecule has 0 radical (unpaired) electrons. The van der Waals surface area contributed by atoms with E-state index in [1.54, 1.807) is 0 Å². The second-order valence-corrected chi connectivity index (χ2v) is 7.55. The van der Waals surface area contributed by atoms with Crippen molar-refractivity contribution < 1.29 is 8.42 Å². The fourth-order valence-electron chi connectivity index (χ4n) is 1.72. The highest BCUT2D eigenvalue weighted by atomic mass is 32.2. The van der Waals surface area contributed by atoms with Gasteiger partial charge in [0.1, 0.15) is 0 Å². The molecule has 0 atom stereocenters. The molecule has 0 unspecified atom stereocenters. The summed E-state index contributed by atoms with van der Waals surface area (Å²) >= 11 is 0. The molecule has 0 aliphatic heterocycles. The van der Waals surface area contributed by atoms with Gasteiger partial charge in [0.2, 0.25) is 0 Å². The maximum atomic E-state index is 12.2. The summed E-state index contributed by atoms with van der Waals surface area (Å²) in [5, 5.41) is 8.71. The van der Waals surface area contributed by atoms with Crippen LogP contribution >= 0.6 is 0 Å². The van der Waals surface area contributed by atoms with Crippen LogP contribution in [0.25, 0.3) is 0 Å². The maximum Gasteiger partial charge on any atom is 0.179 e. The Morgan fingerprint density at radius 2 is 1.80 bits per heavy atom. The van der Waals surface area contributed by atoms with Crippen molar-refractivity contribution in [2.45, 2.75) is 25.2 Å². The van der Waals surface area contributed by atoms with Gasteiger partial charge in [-0.15, -0.1) is 0 Å². The van der Waals surface area contributed by atoms with Crippen molar-refractivity contribution in [2.24, 2.45) is 5.92 Å². The normalized spacial score (nSPS) is 11.8. The molecule has 0 bridgehead atoms. The summed E-state index contributed by atoms with van der Waals surface area (Å²) in [4.78, 5) is 2.33. The molecule has 5 heteroatoms. The fourth-order valence-corrected chi connectivity index (χ4v) is 3.06. The van der Waals surface area contributed by atoms with Gasteiger partial charge in [-0.2, -0.15) is 5.26 Å². The summed E-state index contributed by atoms with van der Waals surface area (Å²) in [7, 11) is -1.33. The van der Waals surface area contributed by atoms with E-state index in [2.05, 4.69) is 13.8 Å². The van der Waals surface area contributed by atoms with Crippen molar-refractivity contribution in [1.29, 1.82) is 5.26 Å². The Hall–Kier alpha value is -1.38. The Labute approximate surface area is 121 Å². The van der Waals surface area contributed by atoms with E-state index in [0.717, 1.165) is 13.0 Å². The molecule has 1 aromatic carbocycles. The van der Waals surface area contributed by atoms with E-state index < -0.39 is 9.84 Å². The molecular formula is C15H22N2O2S. The predicted molar refractivity (Wildman–Crippen MR) is 80.2 cm³/mol. The minimum absolute atomic E-state index is 0.105. The average molecular weight is 294 g/mol. The van der Waals surface area contributed by atoms with Gasteiger partial charge in [0.15, 0.2) is 9.84 Å². The zero-order chi connectivity index (χ0) is 15.2. The third-order valence-corrected chi connectivity index (χ3v) is 4.88. The first kappa shape index (κ1) is 16.7. The predicted octanol–water partition coefficient (Wildman–Crippen LogP) is 2.31. The van der Waals surface area contributed by atoms with E-state index in [4.69, 9.17) is 5.26 Å². The Kier molecular flexibility index (Phi) is 6.18. The van der Waals surface area contributed by atoms with Crippen LogP contribution in [0, 0.1) is 17.2 Å². The summed E-state index contributed by atoms with van der Waals surface area (Å²) in [6.45, 7) is 5.73. The highest BCUT2D eigenvalue weighted by molar-refractivity contribution is 7.91. The van der Waals surface area contributed by atoms with Gasteiger partial charge in [-0.1, -0.05) is 13.8 Å². The van der Waals surface area contributed by atoms with E-state index >= 15 is 0 Å². The third-order valence-electron chi connectivity index (χ3n) is 3.17. The van der Waals surface area contributed by atoms with E-state index in [0.29, 0.717) is 18.0 Å². The standard InChI is InChI=1S/C15H22N2O2S/c1-13(2)8-9-17(3)10-11-20(18,19)15-6-4-14(12-16)5-7-15/h4-7,13H,8-11H2,1-3H3. The Balaban J connectivity index is 2.59. The lowest BCUT2D eigenvalue weighted by molar-refractivity contribution is 0.326. The Bertz CT molecular complexity index is 557. The monoisotopic (exact) mass is 294 g/mol. The van der Waals surface area contributed by atoms with Crippen molar-refractivity contribution in [2.75, 3.05) is 25.9 Å². The first-order valence-electron chi connectivity index (χ1n) is 6.76. The molecule has 1 aromatic rings. The molecule has 20 heavy (non-hydrogen) atoms. The lowest BCUT2D eigenvalue weighted by Crippen LogP contribution is -2.27. The Morgan fingerprint density at radius 3 is 2.30 bits per heavy atom. The van der Waals surface area contributed by atoms with Crippen molar-refractivity contribution in [3.05, 3.63) is 29.8 Å². The maximum absolute atomic E-state index is 12.2. The highest BCUT2D eigenvalue weighted by Crippen LogP contribution is 2.12. The van der Waals surface area contributed by atoms with Crippen molar-refractivity contribution >= 4 is 9.84 Å². The molecule has 0 aromatic heterocycles. The molecule has 1 rings (SSSR count). The minimum atomic E-state index is -3.27. The summed E-state index contributed by atoms with van der Waals surface area (Å²) in [6.07, 6.45) is 1.06. The zero-order valence-electron chi connectivity index (χ0n) is 12.3. The van der Waals surface area contributed by atoms with Crippen LogP contribution in [-0.2, 0) is 9.84 Å². The second-order valence-electron chi connectivity index (χ2n) is 5.44. The summed E-state index contributed by atoms with van der Waals surface area (Å²) in [6, 6.07) is 8.06. The van der Waals surface area contributed by atoms with E-state index in [1.165, 1.54) is 24.3 Å². The van der Waals surface area contributed by atoms with Gasteiger partial charge in [0.25, 0.3) is 0 Å². The average Bonchev–Trinajstić information content (AvgIpc) is 2.43. The fraction of sp³-hybridized carbons (Fsp3) is 0.533. The number of nitriles is 1. The minimum Gasteiger partial charge on any atom is -0.305 e. The number of nitrogens with zero attached hydrogens (tertiary/aromatic N) is 2. The van der Waals surface area contributed by atoms with Gasteiger partial charge < -0.3 is 4.90 Å². The zero-order valence-corrected chi connectivity index (χ0v) is 13.2. The number of hydrogen-bond donors (Lipinski definition) is 0. The molecule has 0 N–H and O–H groups in total. The van der Waals surface area contributed by atoms with E-state index in [9.17, 15) is 8.42 Å². The molecule has 4 nitrogen and oxygen atoms in total. The summed E-state index contributed by atoms with van der Waals surface area (Å²) < 4.78 is 24.3. The van der Waals surface area contributed by atoms with Crippen LogP contribution in [0.15, 0.2) is 29.2 Å². The lowest BCUT2D eigenvalue weighted by atomic mass is 10.1. The molecule has 0 saturated carbocycles. The summed E-state index contributed by atoms with van der Waals surface area (Å²) in [5.74, 6) is 0.723. The summed E-state index contributed by atoms with van der Waals surface area (Å²) in [5.41, 5.74) is 0.470. The van der Waals surface area contributed by atoms with Gasteiger partial charge in [0, 0.05) is 6.54 Å². The molecule has 0 amide bonds. The lowest BCUT2D eigenvalue weighted by Gasteiger charge is -2.17. The van der Waals surface area contributed by atoms with Gasteiger partial charge in [-0.25, -0.2) is 8.42 Å². The molecule has 110 valence electrons. The van der Waals surface area contributed by atoms with Crippen molar-refractivity contribution in [3.8, 4) is 6.07 Å². The smallest absolute Gasteiger partial charge is 0.179 e. The molecule has 0 aliphatic carbocycles. The molecule has 0 spiro atoms. The largest absolute Gasteiger partial charge is 0.305 e. The SMILES string of the molecule is CC(C)CCN(C)CCS(=O)(=O)c1ccc(C#N)cc1. The van der Waals surface area contributed by atoms with Crippen LogP contribution in [0.4, 0.5) is 0 Å². The van der Waals surface area contributed by atoms with Crippen LogP contribution in [0.5, 0.6) is 0 Å². The number of hydrogen-bond acceptors (Lipinski definition) is 4. The molecule has 0 fully saturated rings. The third kappa shape index (κ3) is 5.32. The van der Waals surface area contributed by atoms with Gasteiger partial charge in [-0.3, -0.25) is 0 Å². The highest BCUT2D eigenvalue weighted by Gasteiger charge is 2.15. The van der Waals surface area contributed by atoms with Crippen LogP contribution in [0.3, 0.4) is 0 Å². The molecule has 0 saturated heterocycles. The first-order chi connectivity index (χ1) is 9.35. The number of rotatable bonds is 7. The topological polar surface area (TPSA) is 61.2 Å². The van der Waals surface area contributed by atoms with Gasteiger partial charge >= 0.3 is 0 Å². The quantitative estimate of drug-likeness (QED) is 0.774. The number of benzene rings is 1. The molecule has 0 aliphatic rings. The molecular weight excluding hydrogens is 272 g/mol. The Morgan fingerprint density at radius 1 is 1.20 bits per heavy atom. The van der Waals surface area contributed by atoms with Gasteiger partial charge in [0.05, 0.1) is 22.3 Å². The second kappa shape index (κ2) is 7.41. The van der Waals surface area contributed by atoms with Gasteiger partial charge in [-0.05, 0) is 50.2 Å². The van der Waals surface area contributed by atoms with Crippen LogP contribution in [-0.4, -0.2) is 39.2 Å². The van der Waals surface area contributed by atoms with Crippen LogP contribution in [0.2, 0.25) is 0 Å². The van der Waals surface area contributed by atoms with Crippen LogP contribution in [0.1, 0.15) is 25.8 Å². The van der Waals surface area contributed by atoms with E-state index in [-0.39, 0.29) is 10.6 Å². The van der Waals surface area contributed by atoms with E-state index in [1.807, 2.05) is 18.0 Å². The van der Waals surface area contributed by atoms with Crippen molar-refractivity contribution in [1.82, 2.24) is 4.90 Å². The van der Waals surface area contributed by atoms with Crippen LogP contribution < -0.4 is 0 Å². The molecule has 0 heterocycles. The first-order valence-corrected chi connectivity index (χ1v) is 8.42. The van der Waals surface area contributed by atoms with Crippen molar-refractivity contribution in [3.63, 3.8) is 0 Å². The number of sulfone groups is 1.